The fourth-order valence-electron chi connectivity index (χ4n) is 5.75. The Labute approximate surface area is 215 Å². The van der Waals surface area contributed by atoms with Gasteiger partial charge in [0.2, 0.25) is 5.78 Å². The molecule has 0 spiro atoms. The molecule has 2 aromatic carbocycles. The smallest absolute Gasteiger partial charge is 0.202 e. The van der Waals surface area contributed by atoms with E-state index in [0.29, 0.717) is 0 Å². The Balaban J connectivity index is 1.52. The number of fused-ring (bicyclic) bond motifs is 4. The zero-order valence-electron chi connectivity index (χ0n) is 20.2. The molecule has 2 aromatic rings. The van der Waals surface area contributed by atoms with Crippen molar-refractivity contribution in [1.29, 1.82) is 0 Å². The molecular weight excluding hydrogens is 502 g/mol. The molecule has 4 aliphatic rings. The summed E-state index contributed by atoms with van der Waals surface area (Å²) in [5.41, 5.74) is 2.63. The van der Waals surface area contributed by atoms with Crippen LogP contribution in [0.1, 0.15) is 61.9 Å². The van der Waals surface area contributed by atoms with Crippen molar-refractivity contribution in [1.82, 2.24) is 0 Å². The van der Waals surface area contributed by atoms with Crippen LogP contribution in [0, 0.1) is 0 Å². The number of aliphatic hydroxyl groups is 2. The third-order valence-corrected chi connectivity index (χ3v) is 7.71. The number of aliphatic hydroxyl groups excluding tert-OH is 1. The Morgan fingerprint density at radius 2 is 1.87 bits per heavy atom. The lowest BCUT2D eigenvalue weighted by Gasteiger charge is -2.40. The lowest BCUT2D eigenvalue weighted by Crippen LogP contribution is -2.48. The Hall–Kier alpha value is -3.39. The molecule has 2 aliphatic heterocycles. The Morgan fingerprint density at radius 1 is 1.13 bits per heavy atom. The molecule has 2 heterocycles. The molecule has 12 heteroatoms. The van der Waals surface area contributed by atoms with Gasteiger partial charge in [-0.15, -0.1) is 0 Å². The summed E-state index contributed by atoms with van der Waals surface area (Å²) in [4.78, 5) is 39.7. The summed E-state index contributed by atoms with van der Waals surface area (Å²) < 4.78 is 22.3. The van der Waals surface area contributed by atoms with Crippen LogP contribution in [0.5, 0.6) is 17.2 Å². The molecule has 6 rings (SSSR count). The Morgan fingerprint density at radius 3 is 2.55 bits per heavy atom. The first kappa shape index (κ1) is 24.9. The number of epoxide rings is 1. The van der Waals surface area contributed by atoms with Crippen LogP contribution in [0.3, 0.4) is 0 Å². The Bertz CT molecular complexity index is 1400. The molecule has 0 radical (unpaired) electrons. The van der Waals surface area contributed by atoms with E-state index >= 15 is 0 Å². The van der Waals surface area contributed by atoms with Crippen molar-refractivity contribution in [2.24, 2.45) is 5.73 Å². The minimum absolute atomic E-state index is 0.0367. The number of ketones is 3. The summed E-state index contributed by atoms with van der Waals surface area (Å²) in [6.45, 7) is -0.997. The number of hydrogen-bond acceptors (Lipinski definition) is 12. The average molecular weight is 527 g/mol. The van der Waals surface area contributed by atoms with Gasteiger partial charge >= 0.3 is 0 Å². The lowest BCUT2D eigenvalue weighted by atomic mass is 9.72. The maximum atomic E-state index is 13.6. The van der Waals surface area contributed by atoms with Crippen LogP contribution in [-0.4, -0.2) is 81.8 Å². The number of Topliss-reactive ketones (excluding diaryl/α,β-unsaturated/α-hetero) is 1. The van der Waals surface area contributed by atoms with Gasteiger partial charge in [0, 0.05) is 42.0 Å². The lowest BCUT2D eigenvalue weighted by molar-refractivity contribution is -0.215. The van der Waals surface area contributed by atoms with Crippen LogP contribution < -0.4 is 10.5 Å². The zero-order valence-corrected chi connectivity index (χ0v) is 20.2. The van der Waals surface area contributed by atoms with Gasteiger partial charge in [-0.2, -0.15) is 0 Å². The van der Waals surface area contributed by atoms with Crippen LogP contribution in [-0.2, 0) is 25.4 Å². The number of phenols is 2. The van der Waals surface area contributed by atoms with Crippen molar-refractivity contribution in [2.75, 3.05) is 13.7 Å². The molecular formula is C26H25NO11. The summed E-state index contributed by atoms with van der Waals surface area (Å²) in [5.74, 6) is -3.64. The van der Waals surface area contributed by atoms with Gasteiger partial charge < -0.3 is 45.1 Å². The van der Waals surface area contributed by atoms with Gasteiger partial charge in [0.05, 0.1) is 29.9 Å². The van der Waals surface area contributed by atoms with E-state index in [1.165, 1.54) is 25.3 Å². The number of benzene rings is 2. The average Bonchev–Trinajstić information content (AvgIpc) is 3.68. The topological polar surface area (TPSA) is 198 Å². The molecule has 200 valence electrons. The second-order valence-corrected chi connectivity index (χ2v) is 9.93. The number of aromatic hydroxyl groups is 2. The summed E-state index contributed by atoms with van der Waals surface area (Å²) >= 11 is 0. The van der Waals surface area contributed by atoms with Gasteiger partial charge in [0.15, 0.2) is 24.1 Å². The van der Waals surface area contributed by atoms with Crippen molar-refractivity contribution in [3.8, 4) is 17.2 Å². The number of phenolic OH excluding ortho intramolecular Hbond substituents is 2. The van der Waals surface area contributed by atoms with Crippen LogP contribution in [0.15, 0.2) is 18.2 Å². The highest BCUT2D eigenvalue weighted by Gasteiger charge is 2.53. The number of rotatable bonds is 5. The normalized spacial score (nSPS) is 31.1. The van der Waals surface area contributed by atoms with Crippen molar-refractivity contribution < 1.29 is 53.8 Å². The van der Waals surface area contributed by atoms with E-state index < -0.39 is 89.8 Å². The molecule has 6 N–H and O–H groups in total. The number of nitrogens with two attached hydrogens (primary N) is 1. The monoisotopic (exact) mass is 527 g/mol. The van der Waals surface area contributed by atoms with E-state index in [4.69, 9.17) is 24.7 Å². The third kappa shape index (κ3) is 3.49. The minimum atomic E-state index is -2.21. The largest absolute Gasteiger partial charge is 0.507 e. The van der Waals surface area contributed by atoms with Crippen LogP contribution in [0.4, 0.5) is 0 Å². The molecule has 0 saturated carbocycles. The van der Waals surface area contributed by atoms with Crippen molar-refractivity contribution in [3.05, 3.63) is 51.6 Å². The third-order valence-electron chi connectivity index (χ3n) is 7.71. The summed E-state index contributed by atoms with van der Waals surface area (Å²) in [7, 11) is 1.33. The first-order chi connectivity index (χ1) is 18.1. The molecule has 6 atom stereocenters. The van der Waals surface area contributed by atoms with Gasteiger partial charge in [0.1, 0.15) is 35.6 Å². The number of hydrogen-bond donors (Lipinski definition) is 5. The number of methoxy groups -OCH3 is 1. The zero-order chi connectivity index (χ0) is 27.1. The second kappa shape index (κ2) is 8.56. The molecule has 2 aliphatic carbocycles. The van der Waals surface area contributed by atoms with Crippen molar-refractivity contribution in [3.63, 3.8) is 0 Å². The molecule has 0 aromatic heterocycles. The molecule has 2 fully saturated rings. The van der Waals surface area contributed by atoms with Gasteiger partial charge in [-0.05, 0) is 6.07 Å². The second-order valence-electron chi connectivity index (χ2n) is 9.93. The molecule has 12 nitrogen and oxygen atoms in total. The van der Waals surface area contributed by atoms with E-state index in [2.05, 4.69) is 0 Å². The quantitative estimate of drug-likeness (QED) is 0.220. The first-order valence-corrected chi connectivity index (χ1v) is 12.0. The fraction of sp³-hybridized carbons (Fsp3) is 0.423. The first-order valence-electron chi connectivity index (χ1n) is 12.0. The van der Waals surface area contributed by atoms with Crippen LogP contribution in [0.25, 0.3) is 0 Å². The molecule has 38 heavy (non-hydrogen) atoms. The number of carbonyl (C=O) groups excluding carboxylic acids is 3. The van der Waals surface area contributed by atoms with Crippen LogP contribution >= 0.6 is 0 Å². The predicted octanol–water partition coefficient (Wildman–Crippen LogP) is -0.0232. The van der Waals surface area contributed by atoms with Gasteiger partial charge in [-0.1, -0.05) is 12.1 Å². The highest BCUT2D eigenvalue weighted by Crippen LogP contribution is 2.52. The molecule has 1 unspecified atom stereocenters. The molecule has 2 saturated heterocycles. The summed E-state index contributed by atoms with van der Waals surface area (Å²) in [6.07, 6.45) is -3.89. The van der Waals surface area contributed by atoms with Crippen molar-refractivity contribution >= 4 is 17.3 Å². The van der Waals surface area contributed by atoms with Crippen LogP contribution in [0.2, 0.25) is 0 Å². The van der Waals surface area contributed by atoms with E-state index in [1.54, 1.807) is 0 Å². The molecule has 0 bridgehead atoms. The predicted molar refractivity (Wildman–Crippen MR) is 125 cm³/mol. The van der Waals surface area contributed by atoms with E-state index in [1.807, 2.05) is 0 Å². The SMILES string of the molecule is COc1cccc2c1C(=O)c1c(O)c3c(c(O)c1C2=O)C[C@@](O)(C(=O)CO)C[C@@H]3O[C@H]1C[C@@H](N)[C@H]2OC2O1. The standard InChI is InChI=1S/C26H25NO11/c1-35-12-4-2-3-9-16(12)22(32)19-18(20(9)30)21(31)10-6-26(34,14(29)8-28)7-13(17(10)23(19)33)36-15-5-11(27)24-25(37-15)38-24/h2-4,11,13,15,24-25,28,31,33-34H,5-8,27H2,1H3/t11-,13+,15-,24-,25?,26+/m1/s1. The highest BCUT2D eigenvalue weighted by atomic mass is 16.8. The summed E-state index contributed by atoms with van der Waals surface area (Å²) in [6, 6.07) is 3.99. The fourth-order valence-corrected chi connectivity index (χ4v) is 5.75. The summed E-state index contributed by atoms with van der Waals surface area (Å²) in [5, 5.41) is 43.5. The van der Waals surface area contributed by atoms with Gasteiger partial charge in [-0.3, -0.25) is 14.4 Å². The van der Waals surface area contributed by atoms with E-state index in [-0.39, 0.29) is 40.5 Å². The van der Waals surface area contributed by atoms with Crippen molar-refractivity contribution in [2.45, 2.75) is 55.7 Å². The maximum Gasteiger partial charge on any atom is 0.202 e. The number of carbonyl (C=O) groups is 3. The van der Waals surface area contributed by atoms with E-state index in [9.17, 15) is 34.8 Å². The Kier molecular flexibility index (Phi) is 5.61. The van der Waals surface area contributed by atoms with E-state index in [0.717, 1.165) is 0 Å². The molecule has 0 amide bonds. The van der Waals surface area contributed by atoms with Gasteiger partial charge in [0.25, 0.3) is 0 Å². The maximum absolute atomic E-state index is 13.6. The number of ether oxygens (including phenoxy) is 4. The highest BCUT2D eigenvalue weighted by molar-refractivity contribution is 6.31. The minimum Gasteiger partial charge on any atom is -0.507 e. The van der Waals surface area contributed by atoms with Gasteiger partial charge in [-0.25, -0.2) is 0 Å².